The first-order chi connectivity index (χ1) is 9.02. The van der Waals surface area contributed by atoms with Gasteiger partial charge in [0.2, 0.25) is 11.8 Å². The van der Waals surface area contributed by atoms with E-state index in [4.69, 9.17) is 11.5 Å². The van der Waals surface area contributed by atoms with Gasteiger partial charge >= 0.3 is 0 Å². The molecule has 1 rings (SSSR count). The van der Waals surface area contributed by atoms with Crippen molar-refractivity contribution in [3.8, 4) is 0 Å². The van der Waals surface area contributed by atoms with Crippen molar-refractivity contribution in [2.24, 2.45) is 11.5 Å². The van der Waals surface area contributed by atoms with Gasteiger partial charge in [-0.1, -0.05) is 6.92 Å². The molecular weight excluding hydrogens is 246 g/mol. The predicted molar refractivity (Wildman–Crippen MR) is 73.6 cm³/mol. The van der Waals surface area contributed by atoms with Crippen molar-refractivity contribution in [2.45, 2.75) is 13.3 Å². The third-order valence-electron chi connectivity index (χ3n) is 2.36. The van der Waals surface area contributed by atoms with Crippen molar-refractivity contribution in [2.75, 3.05) is 29.9 Å². The third-order valence-corrected chi connectivity index (χ3v) is 2.36. The largest absolute Gasteiger partial charge is 0.370 e. The summed E-state index contributed by atoms with van der Waals surface area (Å²) < 4.78 is 0. The predicted octanol–water partition coefficient (Wildman–Crippen LogP) is -0.319. The quantitative estimate of drug-likeness (QED) is 0.596. The van der Waals surface area contributed by atoms with Gasteiger partial charge in [-0.25, -0.2) is 4.98 Å². The lowest BCUT2D eigenvalue weighted by atomic mass is 10.3. The van der Waals surface area contributed by atoms with E-state index in [-0.39, 0.29) is 13.1 Å². The van der Waals surface area contributed by atoms with Gasteiger partial charge in [-0.15, -0.1) is 0 Å². The zero-order valence-corrected chi connectivity index (χ0v) is 10.9. The van der Waals surface area contributed by atoms with E-state index in [9.17, 15) is 9.59 Å². The summed E-state index contributed by atoms with van der Waals surface area (Å²) in [4.78, 5) is 27.7. The summed E-state index contributed by atoms with van der Waals surface area (Å²) in [6, 6.07) is 3.45. The third kappa shape index (κ3) is 5.24. The Hall–Kier alpha value is -2.31. The molecule has 0 fully saturated rings. The van der Waals surface area contributed by atoms with E-state index in [2.05, 4.69) is 10.3 Å². The number of carbonyl (C=O) groups excluding carboxylic acids is 2. The van der Waals surface area contributed by atoms with Gasteiger partial charge in [-0.2, -0.15) is 0 Å². The summed E-state index contributed by atoms with van der Waals surface area (Å²) >= 11 is 0. The van der Waals surface area contributed by atoms with Gasteiger partial charge in [0.1, 0.15) is 5.82 Å². The first-order valence-corrected chi connectivity index (χ1v) is 6.04. The second kappa shape index (κ2) is 7.20. The van der Waals surface area contributed by atoms with Crippen LogP contribution in [0.4, 0.5) is 11.5 Å². The number of nitrogens with zero attached hydrogens (tertiary/aromatic N) is 2. The maximum Gasteiger partial charge on any atom is 0.236 e. The fourth-order valence-electron chi connectivity index (χ4n) is 1.58. The topological polar surface area (TPSA) is 114 Å². The van der Waals surface area contributed by atoms with Gasteiger partial charge in [-0.05, 0) is 12.5 Å². The molecule has 0 aromatic carbocycles. The molecule has 5 N–H and O–H groups in total. The van der Waals surface area contributed by atoms with E-state index >= 15 is 0 Å². The monoisotopic (exact) mass is 265 g/mol. The highest BCUT2D eigenvalue weighted by molar-refractivity contribution is 5.85. The van der Waals surface area contributed by atoms with Gasteiger partial charge in [0.15, 0.2) is 0 Å². The zero-order chi connectivity index (χ0) is 14.3. The molecule has 0 atom stereocenters. The Labute approximate surface area is 112 Å². The summed E-state index contributed by atoms with van der Waals surface area (Å²) in [5.41, 5.74) is 11.0. The molecule has 0 spiro atoms. The maximum atomic E-state index is 11.0. The van der Waals surface area contributed by atoms with Crippen molar-refractivity contribution in [1.29, 1.82) is 0 Å². The number of rotatable bonds is 8. The second-order valence-electron chi connectivity index (χ2n) is 4.11. The van der Waals surface area contributed by atoms with Crippen molar-refractivity contribution in [1.82, 2.24) is 4.98 Å². The number of nitrogens with two attached hydrogens (primary N) is 2. The molecule has 0 unspecified atom stereocenters. The van der Waals surface area contributed by atoms with Crippen LogP contribution in [0.5, 0.6) is 0 Å². The Kier molecular flexibility index (Phi) is 5.59. The van der Waals surface area contributed by atoms with E-state index in [1.807, 2.05) is 6.92 Å². The highest BCUT2D eigenvalue weighted by atomic mass is 16.2. The molecular formula is C12H19N5O2. The van der Waals surface area contributed by atoms with E-state index < -0.39 is 11.8 Å². The average Bonchev–Trinajstić information content (AvgIpc) is 2.35. The minimum absolute atomic E-state index is 0.0693. The van der Waals surface area contributed by atoms with Gasteiger partial charge in [0.05, 0.1) is 13.1 Å². The van der Waals surface area contributed by atoms with Crippen LogP contribution in [0, 0.1) is 0 Å². The first-order valence-electron chi connectivity index (χ1n) is 6.04. The fraction of sp³-hybridized carbons (Fsp3) is 0.417. The van der Waals surface area contributed by atoms with Crippen LogP contribution in [0.3, 0.4) is 0 Å². The van der Waals surface area contributed by atoms with Crippen molar-refractivity contribution < 1.29 is 9.59 Å². The highest BCUT2D eigenvalue weighted by Crippen LogP contribution is 2.16. The summed E-state index contributed by atoms with van der Waals surface area (Å²) in [5, 5.41) is 3.13. The lowest BCUT2D eigenvalue weighted by Crippen LogP contribution is -2.39. The second-order valence-corrected chi connectivity index (χ2v) is 4.11. The summed E-state index contributed by atoms with van der Waals surface area (Å²) in [5.74, 6) is -0.374. The summed E-state index contributed by atoms with van der Waals surface area (Å²) in [6.45, 7) is 2.70. The number of hydrogen-bond donors (Lipinski definition) is 3. The van der Waals surface area contributed by atoms with Crippen molar-refractivity contribution in [3.63, 3.8) is 0 Å². The average molecular weight is 265 g/mol. The highest BCUT2D eigenvalue weighted by Gasteiger charge is 2.12. The number of anilines is 2. The molecule has 7 nitrogen and oxygen atoms in total. The normalized spacial score (nSPS) is 9.95. The number of hydrogen-bond acceptors (Lipinski definition) is 5. The number of amides is 2. The lowest BCUT2D eigenvalue weighted by Gasteiger charge is -2.22. The van der Waals surface area contributed by atoms with Crippen molar-refractivity contribution >= 4 is 23.3 Å². The molecule has 0 saturated heterocycles. The summed E-state index contributed by atoms with van der Waals surface area (Å²) in [7, 11) is 0. The van der Waals surface area contributed by atoms with Crippen LogP contribution in [0.2, 0.25) is 0 Å². The molecule has 0 bridgehead atoms. The molecule has 0 aliphatic rings. The van der Waals surface area contributed by atoms with E-state index in [0.29, 0.717) is 11.5 Å². The van der Waals surface area contributed by atoms with Gasteiger partial charge < -0.3 is 21.7 Å². The molecule has 0 radical (unpaired) electrons. The van der Waals surface area contributed by atoms with Crippen molar-refractivity contribution in [3.05, 3.63) is 18.3 Å². The molecule has 104 valence electrons. The molecule has 2 amide bonds. The Morgan fingerprint density at radius 2 is 1.95 bits per heavy atom. The Morgan fingerprint density at radius 3 is 2.47 bits per heavy atom. The molecule has 7 heteroatoms. The van der Waals surface area contributed by atoms with Gasteiger partial charge in [-0.3, -0.25) is 9.59 Å². The number of primary amides is 2. The minimum atomic E-state index is -0.527. The molecule has 1 heterocycles. The zero-order valence-electron chi connectivity index (χ0n) is 10.9. The smallest absolute Gasteiger partial charge is 0.236 e. The number of aromatic nitrogens is 1. The molecule has 1 aromatic rings. The molecule has 1 aromatic heterocycles. The Bertz CT molecular complexity index is 434. The maximum absolute atomic E-state index is 11.0. The SMILES string of the molecule is CCCNc1cc(N(CC(N)=O)CC(N)=O)ccn1. The number of pyridine rings is 1. The van der Waals surface area contributed by atoms with E-state index in [1.165, 1.54) is 4.90 Å². The van der Waals surface area contributed by atoms with Gasteiger partial charge in [0.25, 0.3) is 0 Å². The Balaban J connectivity index is 2.87. The minimum Gasteiger partial charge on any atom is -0.370 e. The molecule has 0 aliphatic carbocycles. The Morgan fingerprint density at radius 1 is 1.32 bits per heavy atom. The van der Waals surface area contributed by atoms with E-state index in [1.54, 1.807) is 18.3 Å². The number of carbonyl (C=O) groups is 2. The van der Waals surface area contributed by atoms with Crippen LogP contribution in [0.1, 0.15) is 13.3 Å². The van der Waals surface area contributed by atoms with Crippen LogP contribution in [-0.2, 0) is 9.59 Å². The lowest BCUT2D eigenvalue weighted by molar-refractivity contribution is -0.117. The van der Waals surface area contributed by atoms with Crippen LogP contribution in [0.25, 0.3) is 0 Å². The fourth-order valence-corrected chi connectivity index (χ4v) is 1.58. The molecule has 19 heavy (non-hydrogen) atoms. The van der Waals surface area contributed by atoms with E-state index in [0.717, 1.165) is 13.0 Å². The standard InChI is InChI=1S/C12H19N5O2/c1-2-4-15-12-6-9(3-5-16-12)17(7-10(13)18)8-11(14)19/h3,5-6H,2,4,7-8H2,1H3,(H2,13,18)(H2,14,19)(H,15,16). The van der Waals surface area contributed by atoms with Crippen LogP contribution >= 0.6 is 0 Å². The van der Waals surface area contributed by atoms with Crippen LogP contribution in [-0.4, -0.2) is 36.4 Å². The van der Waals surface area contributed by atoms with Crippen LogP contribution in [0.15, 0.2) is 18.3 Å². The number of nitrogens with one attached hydrogen (secondary N) is 1. The van der Waals surface area contributed by atoms with Crippen LogP contribution < -0.4 is 21.7 Å². The molecule has 0 aliphatic heterocycles. The molecule has 0 saturated carbocycles. The first kappa shape index (κ1) is 14.7. The summed E-state index contributed by atoms with van der Waals surface area (Å²) in [6.07, 6.45) is 2.57. The van der Waals surface area contributed by atoms with Gasteiger partial charge in [0, 0.05) is 24.5 Å².